The number of benzene rings is 2. The fourth-order valence-corrected chi connectivity index (χ4v) is 4.76. The number of rotatable bonds is 6. The molecule has 1 fully saturated rings. The maximum absolute atomic E-state index is 12.8. The van der Waals surface area contributed by atoms with Crippen LogP contribution in [-0.4, -0.2) is 78.7 Å². The third-order valence-electron chi connectivity index (χ3n) is 6.68. The molecule has 176 valence electrons. The molecule has 0 bridgehead atoms. The second-order valence-electron chi connectivity index (χ2n) is 8.60. The van der Waals surface area contributed by atoms with Crippen molar-refractivity contribution in [2.24, 2.45) is 0 Å². The normalized spacial score (nSPS) is 20.1. The minimum absolute atomic E-state index is 0.00806. The number of Topliss-reactive ketones (excluding diaryl/α,β-unsaturated/α-hetero) is 2. The van der Waals surface area contributed by atoms with Gasteiger partial charge in [-0.25, -0.2) is 10.2 Å². The largest absolute Gasteiger partial charge is 0.602 e. The van der Waals surface area contributed by atoms with Crippen molar-refractivity contribution in [2.45, 2.75) is 6.42 Å². The van der Waals surface area contributed by atoms with Crippen LogP contribution >= 0.6 is 0 Å². The quantitative estimate of drug-likeness (QED) is 0.633. The molecule has 1 unspecified atom stereocenters. The number of amides is 1. The van der Waals surface area contributed by atoms with Gasteiger partial charge in [0.15, 0.2) is 0 Å². The van der Waals surface area contributed by atoms with Crippen LogP contribution in [0.25, 0.3) is 0 Å². The van der Waals surface area contributed by atoms with Crippen molar-refractivity contribution in [3.05, 3.63) is 81.8 Å². The minimum atomic E-state index is -0.363. The molecule has 9 heteroatoms. The van der Waals surface area contributed by atoms with E-state index in [0.717, 1.165) is 19.6 Å². The van der Waals surface area contributed by atoms with Gasteiger partial charge < -0.3 is 14.8 Å². The van der Waals surface area contributed by atoms with Crippen LogP contribution in [0.2, 0.25) is 0 Å². The first-order valence-electron chi connectivity index (χ1n) is 11.4. The van der Waals surface area contributed by atoms with Crippen molar-refractivity contribution in [3.63, 3.8) is 0 Å². The molecule has 1 atom stereocenters. The molecule has 0 spiro atoms. The highest BCUT2D eigenvalue weighted by atomic mass is 16.6. The van der Waals surface area contributed by atoms with Gasteiger partial charge in [-0.3, -0.25) is 19.3 Å². The summed E-state index contributed by atoms with van der Waals surface area (Å²) >= 11 is 0. The summed E-state index contributed by atoms with van der Waals surface area (Å²) in [5.74, 6) is 0.113. The van der Waals surface area contributed by atoms with E-state index in [4.69, 9.17) is 4.74 Å². The van der Waals surface area contributed by atoms with Gasteiger partial charge in [-0.1, -0.05) is 24.3 Å². The Hall–Kier alpha value is -3.53. The van der Waals surface area contributed by atoms with Gasteiger partial charge >= 0.3 is 0 Å². The SMILES string of the molecule is COc1ccc(C(=O)N2CCN(CCCN3C4=C(C(=O)c5ccccc5C4=O)[NH+]3[O-])CC2)cc1. The molecule has 5 rings (SSSR count). The van der Waals surface area contributed by atoms with Crippen molar-refractivity contribution < 1.29 is 24.3 Å². The van der Waals surface area contributed by atoms with E-state index in [1.165, 1.54) is 5.01 Å². The molecule has 2 aromatic carbocycles. The number of ether oxygens (including phenoxy) is 1. The predicted molar refractivity (Wildman–Crippen MR) is 123 cm³/mol. The molecule has 1 N–H and O–H groups in total. The molecule has 3 aliphatic rings. The Balaban J connectivity index is 1.12. The van der Waals surface area contributed by atoms with E-state index >= 15 is 0 Å². The fraction of sp³-hybridized carbons (Fsp3) is 0.320. The maximum atomic E-state index is 12.8. The molecule has 0 aromatic heterocycles. The highest BCUT2D eigenvalue weighted by Gasteiger charge is 2.49. The first-order valence-corrected chi connectivity index (χ1v) is 11.4. The zero-order valence-electron chi connectivity index (χ0n) is 19.0. The predicted octanol–water partition coefficient (Wildman–Crippen LogP) is 0.747. The minimum Gasteiger partial charge on any atom is -0.602 e. The monoisotopic (exact) mass is 462 g/mol. The van der Waals surface area contributed by atoms with Crippen LogP contribution in [0.3, 0.4) is 0 Å². The number of hydroxylamine groups is 1. The van der Waals surface area contributed by atoms with Gasteiger partial charge in [0.2, 0.25) is 17.2 Å². The molecular weight excluding hydrogens is 436 g/mol. The summed E-state index contributed by atoms with van der Waals surface area (Å²) in [5, 5.41) is 13.6. The van der Waals surface area contributed by atoms with Gasteiger partial charge in [-0.15, -0.1) is 0 Å². The summed E-state index contributed by atoms with van der Waals surface area (Å²) in [6.07, 6.45) is 0.679. The van der Waals surface area contributed by atoms with Crippen LogP contribution in [-0.2, 0) is 0 Å². The van der Waals surface area contributed by atoms with E-state index in [9.17, 15) is 19.6 Å². The molecule has 2 heterocycles. The average Bonchev–Trinajstić information content (AvgIpc) is 2.88. The van der Waals surface area contributed by atoms with Gasteiger partial charge in [-0.05, 0) is 30.7 Å². The number of allylic oxidation sites excluding steroid dienone is 2. The molecule has 2 aromatic rings. The number of hydrogen-bond donors (Lipinski definition) is 1. The number of carbonyl (C=O) groups excluding carboxylic acids is 3. The van der Waals surface area contributed by atoms with Crippen LogP contribution in [0.15, 0.2) is 59.9 Å². The van der Waals surface area contributed by atoms with Crippen molar-refractivity contribution in [1.29, 1.82) is 0 Å². The highest BCUT2D eigenvalue weighted by Crippen LogP contribution is 2.29. The molecule has 1 amide bonds. The number of piperazine rings is 1. The summed E-state index contributed by atoms with van der Waals surface area (Å²) in [6, 6.07) is 13.8. The topological polar surface area (TPSA) is 97.7 Å². The number of hydrogen-bond acceptors (Lipinski definition) is 7. The smallest absolute Gasteiger partial charge is 0.253 e. The Kier molecular flexibility index (Phi) is 5.91. The number of quaternary nitrogens is 1. The molecule has 0 radical (unpaired) electrons. The second-order valence-corrected chi connectivity index (χ2v) is 8.60. The number of nitrogens with zero attached hydrogens (tertiary/aromatic N) is 3. The van der Waals surface area contributed by atoms with Crippen LogP contribution in [0.5, 0.6) is 5.75 Å². The lowest BCUT2D eigenvalue weighted by Gasteiger charge is -2.46. The average molecular weight is 463 g/mol. The number of methoxy groups -OCH3 is 1. The number of carbonyl (C=O) groups is 3. The lowest BCUT2D eigenvalue weighted by atomic mass is 9.88. The van der Waals surface area contributed by atoms with Crippen LogP contribution < -0.4 is 9.91 Å². The van der Waals surface area contributed by atoms with E-state index < -0.39 is 0 Å². The Morgan fingerprint density at radius 1 is 0.941 bits per heavy atom. The Bertz CT molecular complexity index is 1170. The first-order chi connectivity index (χ1) is 16.5. The number of nitrogens with one attached hydrogen (secondary N) is 1. The number of ketones is 2. The fourth-order valence-electron chi connectivity index (χ4n) is 4.76. The van der Waals surface area contributed by atoms with Gasteiger partial charge in [0.1, 0.15) is 5.75 Å². The standard InChI is InChI=1S/C25H26N4O5/c1-34-18-9-7-17(8-10-18)25(32)27-15-13-26(14-16-27)11-4-12-28-21-22(29(28)33)24(31)20-6-3-2-5-19(20)23(21)30/h2-3,5-10,29H,4,11-16H2,1H3. The van der Waals surface area contributed by atoms with Crippen LogP contribution in [0, 0.1) is 5.21 Å². The van der Waals surface area contributed by atoms with Gasteiger partial charge in [-0.2, -0.15) is 0 Å². The molecular formula is C25H26N4O5. The molecule has 1 aliphatic carbocycles. The van der Waals surface area contributed by atoms with E-state index in [1.807, 2.05) is 4.90 Å². The summed E-state index contributed by atoms with van der Waals surface area (Å²) in [5.41, 5.74) is 1.57. The van der Waals surface area contributed by atoms with E-state index in [-0.39, 0.29) is 34.0 Å². The molecule has 0 saturated carbocycles. The van der Waals surface area contributed by atoms with Gasteiger partial charge in [0, 0.05) is 49.4 Å². The lowest BCUT2D eigenvalue weighted by molar-refractivity contribution is -0.951. The molecule has 1 saturated heterocycles. The maximum Gasteiger partial charge on any atom is 0.253 e. The summed E-state index contributed by atoms with van der Waals surface area (Å²) in [6.45, 7) is 3.89. The third-order valence-corrected chi connectivity index (χ3v) is 6.68. The number of fused-ring (bicyclic) bond motifs is 1. The first kappa shape index (κ1) is 22.3. The van der Waals surface area contributed by atoms with Crippen LogP contribution in [0.4, 0.5) is 0 Å². The zero-order chi connectivity index (χ0) is 23.8. The van der Waals surface area contributed by atoms with Crippen molar-refractivity contribution >= 4 is 17.5 Å². The molecule has 2 aliphatic heterocycles. The van der Waals surface area contributed by atoms with Crippen LogP contribution in [0.1, 0.15) is 37.5 Å². The summed E-state index contributed by atoms with van der Waals surface area (Å²) in [4.78, 5) is 42.3. The molecule has 9 nitrogen and oxygen atoms in total. The summed E-state index contributed by atoms with van der Waals surface area (Å²) < 4.78 is 5.14. The Labute approximate surface area is 197 Å². The third kappa shape index (κ3) is 3.77. The van der Waals surface area contributed by atoms with Crippen molar-refractivity contribution in [2.75, 3.05) is 46.4 Å². The van der Waals surface area contributed by atoms with Gasteiger partial charge in [0.05, 0.1) is 13.7 Å². The van der Waals surface area contributed by atoms with E-state index in [2.05, 4.69) is 4.90 Å². The highest BCUT2D eigenvalue weighted by molar-refractivity contribution is 6.26. The summed E-state index contributed by atoms with van der Waals surface area (Å²) in [7, 11) is 1.59. The second kappa shape index (κ2) is 9.02. The van der Waals surface area contributed by atoms with Crippen molar-refractivity contribution in [3.8, 4) is 5.75 Å². The zero-order valence-corrected chi connectivity index (χ0v) is 19.0. The Morgan fingerprint density at radius 2 is 1.59 bits per heavy atom. The lowest BCUT2D eigenvalue weighted by Crippen LogP contribution is -3.18. The van der Waals surface area contributed by atoms with Gasteiger partial charge in [0.25, 0.3) is 11.7 Å². The molecule has 34 heavy (non-hydrogen) atoms. The Morgan fingerprint density at radius 3 is 2.24 bits per heavy atom. The van der Waals surface area contributed by atoms with E-state index in [0.29, 0.717) is 48.5 Å². The van der Waals surface area contributed by atoms with E-state index in [1.54, 1.807) is 55.6 Å². The van der Waals surface area contributed by atoms with Crippen molar-refractivity contribution in [1.82, 2.24) is 14.8 Å².